The molecule has 2 unspecified atom stereocenters. The Bertz CT molecular complexity index is 1010. The first kappa shape index (κ1) is 25.3. The van der Waals surface area contributed by atoms with Gasteiger partial charge >= 0.3 is 0 Å². The molecule has 194 valence electrons. The molecule has 1 aromatic carbocycles. The van der Waals surface area contributed by atoms with Gasteiger partial charge in [-0.2, -0.15) is 4.98 Å². The van der Waals surface area contributed by atoms with Crippen molar-refractivity contribution < 1.29 is 4.79 Å². The van der Waals surface area contributed by atoms with E-state index in [1.807, 2.05) is 35.4 Å². The lowest BCUT2D eigenvalue weighted by atomic mass is 10.0. The maximum atomic E-state index is 13.2. The van der Waals surface area contributed by atoms with Gasteiger partial charge in [-0.05, 0) is 63.3 Å². The number of nitrogens with one attached hydrogen (secondary N) is 1. The van der Waals surface area contributed by atoms with Crippen LogP contribution >= 0.6 is 11.6 Å². The maximum Gasteiger partial charge on any atom is 0.255 e. The van der Waals surface area contributed by atoms with E-state index in [1.54, 1.807) is 6.07 Å². The van der Waals surface area contributed by atoms with E-state index in [0.29, 0.717) is 22.7 Å². The topological polar surface area (TPSA) is 64.6 Å². The molecule has 0 aliphatic carbocycles. The molecule has 3 aliphatic rings. The fourth-order valence-electron chi connectivity index (χ4n) is 5.94. The quantitative estimate of drug-likeness (QED) is 0.605. The van der Waals surface area contributed by atoms with E-state index in [-0.39, 0.29) is 5.91 Å². The van der Waals surface area contributed by atoms with Crippen LogP contribution in [0.25, 0.3) is 0 Å². The van der Waals surface area contributed by atoms with Crippen molar-refractivity contribution in [3.63, 3.8) is 0 Å². The van der Waals surface area contributed by atoms with Gasteiger partial charge in [-0.1, -0.05) is 43.0 Å². The van der Waals surface area contributed by atoms with E-state index in [9.17, 15) is 4.79 Å². The number of aromatic nitrogens is 2. The fraction of sp³-hybridized carbons (Fsp3) is 0.607. The molecule has 3 saturated heterocycles. The molecule has 3 aliphatic heterocycles. The lowest BCUT2D eigenvalue weighted by Gasteiger charge is -2.40. The van der Waals surface area contributed by atoms with Gasteiger partial charge in [-0.15, -0.1) is 0 Å². The Hall–Kier alpha value is -2.38. The summed E-state index contributed by atoms with van der Waals surface area (Å²) in [7, 11) is 0. The van der Waals surface area contributed by atoms with Gasteiger partial charge in [0.25, 0.3) is 5.91 Å². The summed E-state index contributed by atoms with van der Waals surface area (Å²) in [6, 6.07) is 10.1. The van der Waals surface area contributed by atoms with E-state index in [2.05, 4.69) is 20.1 Å². The summed E-state index contributed by atoms with van der Waals surface area (Å²) in [5, 5.41) is 4.20. The summed E-state index contributed by atoms with van der Waals surface area (Å²) < 4.78 is 0. The summed E-state index contributed by atoms with van der Waals surface area (Å²) >= 11 is 6.33. The molecule has 3 fully saturated rings. The lowest BCUT2D eigenvalue weighted by Crippen LogP contribution is -2.52. The van der Waals surface area contributed by atoms with Crippen LogP contribution in [0.5, 0.6) is 0 Å². The smallest absolute Gasteiger partial charge is 0.255 e. The van der Waals surface area contributed by atoms with Crippen LogP contribution in [0.1, 0.15) is 68.1 Å². The third-order valence-electron chi connectivity index (χ3n) is 7.91. The normalized spacial score (nSPS) is 24.1. The Morgan fingerprint density at radius 1 is 0.889 bits per heavy atom. The number of anilines is 2. The van der Waals surface area contributed by atoms with Crippen molar-refractivity contribution in [3.05, 3.63) is 47.1 Å². The SMILES string of the molecule is O=C(c1ccccc1Cl)N1CCCC(N2CCCCC(Nc3nccc(N4CCCCCC4)n3)C2)C1. The Labute approximate surface area is 220 Å². The molecule has 4 heterocycles. The largest absolute Gasteiger partial charge is 0.356 e. The molecule has 2 atom stereocenters. The van der Waals surface area contributed by atoms with Crippen LogP contribution in [0.15, 0.2) is 36.5 Å². The predicted molar refractivity (Wildman–Crippen MR) is 146 cm³/mol. The molecule has 2 aromatic rings. The van der Waals surface area contributed by atoms with Gasteiger partial charge in [-0.3, -0.25) is 9.69 Å². The Morgan fingerprint density at radius 3 is 2.53 bits per heavy atom. The number of carbonyl (C=O) groups excluding carboxylic acids is 1. The summed E-state index contributed by atoms with van der Waals surface area (Å²) in [4.78, 5) is 29.7. The Kier molecular flexibility index (Phi) is 8.59. The second kappa shape index (κ2) is 12.2. The number of nitrogens with zero attached hydrogens (tertiary/aromatic N) is 5. The van der Waals surface area contributed by atoms with Gasteiger partial charge in [0.2, 0.25) is 5.95 Å². The number of likely N-dealkylation sites (tertiary alicyclic amines) is 2. The first-order valence-corrected chi connectivity index (χ1v) is 14.2. The summed E-state index contributed by atoms with van der Waals surface area (Å²) in [5.41, 5.74) is 0.608. The number of hydrogen-bond acceptors (Lipinski definition) is 6. The highest BCUT2D eigenvalue weighted by atomic mass is 35.5. The van der Waals surface area contributed by atoms with Crippen molar-refractivity contribution in [3.8, 4) is 0 Å². The van der Waals surface area contributed by atoms with Gasteiger partial charge < -0.3 is 15.1 Å². The molecule has 0 bridgehead atoms. The minimum absolute atomic E-state index is 0.0496. The number of hydrogen-bond donors (Lipinski definition) is 1. The molecule has 36 heavy (non-hydrogen) atoms. The van der Waals surface area contributed by atoms with Crippen LogP contribution in [0.3, 0.4) is 0 Å². The fourth-order valence-corrected chi connectivity index (χ4v) is 6.16. The van der Waals surface area contributed by atoms with Crippen LogP contribution in [-0.2, 0) is 0 Å². The summed E-state index contributed by atoms with van der Waals surface area (Å²) in [6.07, 6.45) is 12.6. The highest BCUT2D eigenvalue weighted by Crippen LogP contribution is 2.25. The van der Waals surface area contributed by atoms with Crippen molar-refractivity contribution in [1.82, 2.24) is 19.8 Å². The van der Waals surface area contributed by atoms with E-state index >= 15 is 0 Å². The Morgan fingerprint density at radius 2 is 1.69 bits per heavy atom. The Balaban J connectivity index is 1.22. The highest BCUT2D eigenvalue weighted by Gasteiger charge is 2.31. The minimum Gasteiger partial charge on any atom is -0.356 e. The number of amides is 1. The van der Waals surface area contributed by atoms with Crippen molar-refractivity contribution in [2.45, 2.75) is 69.9 Å². The van der Waals surface area contributed by atoms with Crippen molar-refractivity contribution in [2.24, 2.45) is 0 Å². The van der Waals surface area contributed by atoms with Gasteiger partial charge in [0.1, 0.15) is 5.82 Å². The summed E-state index contributed by atoms with van der Waals surface area (Å²) in [6.45, 7) is 5.75. The molecular weight excluding hydrogens is 472 g/mol. The zero-order chi connectivity index (χ0) is 24.7. The predicted octanol–water partition coefficient (Wildman–Crippen LogP) is 5.08. The monoisotopic (exact) mass is 510 g/mol. The number of halogens is 1. The number of benzene rings is 1. The maximum absolute atomic E-state index is 13.2. The van der Waals surface area contributed by atoms with Crippen molar-refractivity contribution in [2.75, 3.05) is 49.5 Å². The molecule has 7 nitrogen and oxygen atoms in total. The first-order valence-electron chi connectivity index (χ1n) is 13.8. The average Bonchev–Trinajstić information content (AvgIpc) is 3.33. The minimum atomic E-state index is 0.0496. The molecule has 0 spiro atoms. The lowest BCUT2D eigenvalue weighted by molar-refractivity contribution is 0.0575. The number of carbonyl (C=O) groups is 1. The van der Waals surface area contributed by atoms with Crippen molar-refractivity contribution >= 4 is 29.3 Å². The third-order valence-corrected chi connectivity index (χ3v) is 8.24. The molecule has 1 amide bonds. The van der Waals surface area contributed by atoms with E-state index in [4.69, 9.17) is 16.6 Å². The molecule has 8 heteroatoms. The van der Waals surface area contributed by atoms with E-state index in [0.717, 1.165) is 70.3 Å². The molecule has 0 saturated carbocycles. The van der Waals surface area contributed by atoms with Crippen LogP contribution in [0, 0.1) is 0 Å². The second-order valence-electron chi connectivity index (χ2n) is 10.5. The van der Waals surface area contributed by atoms with Crippen LogP contribution in [-0.4, -0.2) is 77.0 Å². The number of rotatable bonds is 5. The average molecular weight is 511 g/mol. The molecular formula is C28H39ClN6O. The highest BCUT2D eigenvalue weighted by molar-refractivity contribution is 6.33. The van der Waals surface area contributed by atoms with Crippen LogP contribution in [0.4, 0.5) is 11.8 Å². The summed E-state index contributed by atoms with van der Waals surface area (Å²) in [5.74, 6) is 1.83. The molecule has 1 N–H and O–H groups in total. The zero-order valence-corrected chi connectivity index (χ0v) is 22.0. The third kappa shape index (κ3) is 6.30. The van der Waals surface area contributed by atoms with Gasteiger partial charge in [0.05, 0.1) is 10.6 Å². The zero-order valence-electron chi connectivity index (χ0n) is 21.2. The van der Waals surface area contributed by atoms with E-state index in [1.165, 1.54) is 38.5 Å². The molecule has 5 rings (SSSR count). The van der Waals surface area contributed by atoms with Crippen LogP contribution in [0.2, 0.25) is 5.02 Å². The first-order chi connectivity index (χ1) is 17.7. The molecule has 0 radical (unpaired) electrons. The van der Waals surface area contributed by atoms with Crippen LogP contribution < -0.4 is 10.2 Å². The van der Waals surface area contributed by atoms with E-state index < -0.39 is 0 Å². The van der Waals surface area contributed by atoms with Gasteiger partial charge in [-0.25, -0.2) is 4.98 Å². The second-order valence-corrected chi connectivity index (χ2v) is 10.9. The van der Waals surface area contributed by atoms with Crippen molar-refractivity contribution in [1.29, 1.82) is 0 Å². The van der Waals surface area contributed by atoms with Gasteiger partial charge in [0.15, 0.2) is 0 Å². The van der Waals surface area contributed by atoms with Gasteiger partial charge in [0, 0.05) is 51.0 Å². The standard InChI is InChI=1S/C28H39ClN6O/c29-25-13-4-3-12-24(25)27(36)35-19-9-11-23(21-35)34-18-8-5-10-22(20-34)31-28-30-15-14-26(32-28)33-16-6-1-2-7-17-33/h3-4,12-15,22-23H,1-2,5-11,16-21H2,(H,30,31,32). The molecule has 1 aromatic heterocycles. The number of piperidine rings is 1.